The van der Waals surface area contributed by atoms with Crippen molar-refractivity contribution >= 4 is 17.1 Å². The van der Waals surface area contributed by atoms with Crippen LogP contribution in [0.1, 0.15) is 30.6 Å². The third-order valence-corrected chi connectivity index (χ3v) is 4.18. The Morgan fingerprint density at radius 3 is 3.21 bits per heavy atom. The smallest absolute Gasteiger partial charge is 0.0506 e. The molecule has 14 heavy (non-hydrogen) atoms. The molecular weight excluding hydrogens is 192 g/mol. The van der Waals surface area contributed by atoms with E-state index in [9.17, 15) is 0 Å². The second-order valence-corrected chi connectivity index (χ2v) is 5.13. The lowest BCUT2D eigenvalue weighted by Crippen LogP contribution is -2.36. The summed E-state index contributed by atoms with van der Waals surface area (Å²) >= 11 is 1.62. The summed E-state index contributed by atoms with van der Waals surface area (Å²) in [6.07, 6.45) is 9.38. The molecule has 0 bridgehead atoms. The SMILES string of the molecule is C1=C(c2ccns2)CC2(C1)CCCN2. The molecular formula is C11H14N2S. The summed E-state index contributed by atoms with van der Waals surface area (Å²) in [5.41, 5.74) is 1.92. The molecule has 0 aromatic carbocycles. The van der Waals surface area contributed by atoms with Crippen LogP contribution in [-0.4, -0.2) is 16.5 Å². The fourth-order valence-electron chi connectivity index (χ4n) is 2.59. The zero-order chi connectivity index (χ0) is 9.43. The molecule has 2 nitrogen and oxygen atoms in total. The van der Waals surface area contributed by atoms with Gasteiger partial charge in [-0.2, -0.15) is 0 Å². The van der Waals surface area contributed by atoms with E-state index >= 15 is 0 Å². The molecule has 1 atom stereocenters. The normalized spacial score (nSPS) is 31.3. The van der Waals surface area contributed by atoms with Crippen molar-refractivity contribution in [3.05, 3.63) is 23.2 Å². The zero-order valence-electron chi connectivity index (χ0n) is 8.12. The van der Waals surface area contributed by atoms with Crippen molar-refractivity contribution in [3.63, 3.8) is 0 Å². The molecule has 74 valence electrons. The largest absolute Gasteiger partial charge is 0.311 e. The summed E-state index contributed by atoms with van der Waals surface area (Å²) in [6, 6.07) is 2.13. The van der Waals surface area contributed by atoms with E-state index in [1.165, 1.54) is 42.7 Å². The third kappa shape index (κ3) is 1.31. The van der Waals surface area contributed by atoms with Gasteiger partial charge in [-0.25, -0.2) is 4.37 Å². The van der Waals surface area contributed by atoms with E-state index in [0.717, 1.165) is 0 Å². The molecule has 1 aliphatic carbocycles. The Labute approximate surface area is 88.2 Å². The van der Waals surface area contributed by atoms with Gasteiger partial charge in [-0.3, -0.25) is 0 Å². The minimum Gasteiger partial charge on any atom is -0.311 e. The van der Waals surface area contributed by atoms with Gasteiger partial charge >= 0.3 is 0 Å². The van der Waals surface area contributed by atoms with Gasteiger partial charge in [0.1, 0.15) is 0 Å². The highest BCUT2D eigenvalue weighted by molar-refractivity contribution is 7.06. The van der Waals surface area contributed by atoms with Gasteiger partial charge in [-0.05, 0) is 55.4 Å². The van der Waals surface area contributed by atoms with E-state index in [1.54, 1.807) is 11.5 Å². The van der Waals surface area contributed by atoms with Crippen molar-refractivity contribution in [1.82, 2.24) is 9.69 Å². The predicted octanol–water partition coefficient (Wildman–Crippen LogP) is 2.44. The summed E-state index contributed by atoms with van der Waals surface area (Å²) < 4.78 is 4.16. The van der Waals surface area contributed by atoms with Gasteiger partial charge in [0.2, 0.25) is 0 Å². The van der Waals surface area contributed by atoms with Crippen molar-refractivity contribution < 1.29 is 0 Å². The fourth-order valence-corrected chi connectivity index (χ4v) is 3.22. The van der Waals surface area contributed by atoms with Crippen LogP contribution in [0, 0.1) is 0 Å². The number of aromatic nitrogens is 1. The van der Waals surface area contributed by atoms with E-state index < -0.39 is 0 Å². The number of rotatable bonds is 1. The number of hydrogen-bond acceptors (Lipinski definition) is 3. The van der Waals surface area contributed by atoms with E-state index in [-0.39, 0.29) is 0 Å². The summed E-state index contributed by atoms with van der Waals surface area (Å²) in [4.78, 5) is 1.36. The standard InChI is InChI=1S/C11H14N2S/c1-4-11(12-6-1)5-2-9(8-11)10-3-7-13-14-10/h2-3,7,12H,1,4-6,8H2. The Morgan fingerprint density at radius 1 is 1.50 bits per heavy atom. The van der Waals surface area contributed by atoms with Crippen LogP contribution in [0.15, 0.2) is 18.3 Å². The summed E-state index contributed by atoms with van der Waals surface area (Å²) in [5.74, 6) is 0. The first-order chi connectivity index (χ1) is 6.88. The van der Waals surface area contributed by atoms with Gasteiger partial charge in [-0.1, -0.05) is 6.08 Å². The van der Waals surface area contributed by atoms with Crippen molar-refractivity contribution in [2.45, 2.75) is 31.2 Å². The van der Waals surface area contributed by atoms with Crippen LogP contribution in [-0.2, 0) is 0 Å². The topological polar surface area (TPSA) is 24.9 Å². The quantitative estimate of drug-likeness (QED) is 0.763. The molecule has 1 saturated heterocycles. The lowest BCUT2D eigenvalue weighted by molar-refractivity contribution is 0.406. The molecule has 1 spiro atoms. The average Bonchev–Trinajstić information content (AvgIpc) is 2.91. The lowest BCUT2D eigenvalue weighted by Gasteiger charge is -2.23. The highest BCUT2D eigenvalue weighted by atomic mass is 32.1. The Bertz CT molecular complexity index is 347. The first kappa shape index (κ1) is 8.62. The minimum atomic E-state index is 0.416. The van der Waals surface area contributed by atoms with Crippen molar-refractivity contribution in [2.75, 3.05) is 6.54 Å². The van der Waals surface area contributed by atoms with Crippen LogP contribution < -0.4 is 5.32 Å². The number of hydrogen-bond donors (Lipinski definition) is 1. The van der Waals surface area contributed by atoms with E-state index in [2.05, 4.69) is 21.8 Å². The third-order valence-electron chi connectivity index (χ3n) is 3.35. The Kier molecular flexibility index (Phi) is 1.96. The van der Waals surface area contributed by atoms with E-state index in [1.807, 2.05) is 6.20 Å². The number of nitrogens with one attached hydrogen (secondary N) is 1. The van der Waals surface area contributed by atoms with Crippen LogP contribution in [0.3, 0.4) is 0 Å². The van der Waals surface area contributed by atoms with Crippen molar-refractivity contribution in [1.29, 1.82) is 0 Å². The lowest BCUT2D eigenvalue weighted by atomic mass is 9.93. The first-order valence-electron chi connectivity index (χ1n) is 5.23. The molecule has 1 N–H and O–H groups in total. The summed E-state index contributed by atoms with van der Waals surface area (Å²) in [5, 5.41) is 3.66. The molecule has 1 unspecified atom stereocenters. The molecule has 0 saturated carbocycles. The molecule has 2 aliphatic rings. The van der Waals surface area contributed by atoms with Crippen LogP contribution in [0.4, 0.5) is 0 Å². The number of nitrogens with zero attached hydrogens (tertiary/aromatic N) is 1. The van der Waals surface area contributed by atoms with Crippen LogP contribution in [0.2, 0.25) is 0 Å². The minimum absolute atomic E-state index is 0.416. The molecule has 1 aromatic heterocycles. The van der Waals surface area contributed by atoms with Gasteiger partial charge in [0.15, 0.2) is 0 Å². The second kappa shape index (κ2) is 3.17. The molecule has 0 amide bonds. The van der Waals surface area contributed by atoms with Crippen molar-refractivity contribution in [2.24, 2.45) is 0 Å². The van der Waals surface area contributed by atoms with Gasteiger partial charge in [-0.15, -0.1) is 0 Å². The van der Waals surface area contributed by atoms with Crippen LogP contribution in [0.5, 0.6) is 0 Å². The highest BCUT2D eigenvalue weighted by Crippen LogP contribution is 2.40. The average molecular weight is 206 g/mol. The maximum atomic E-state index is 4.16. The molecule has 1 fully saturated rings. The van der Waals surface area contributed by atoms with Crippen LogP contribution in [0.25, 0.3) is 5.57 Å². The summed E-state index contributed by atoms with van der Waals surface area (Å²) in [7, 11) is 0. The van der Waals surface area contributed by atoms with Gasteiger partial charge in [0.25, 0.3) is 0 Å². The zero-order valence-corrected chi connectivity index (χ0v) is 8.94. The van der Waals surface area contributed by atoms with E-state index in [4.69, 9.17) is 0 Å². The van der Waals surface area contributed by atoms with Crippen molar-refractivity contribution in [3.8, 4) is 0 Å². The Balaban J connectivity index is 1.80. The fraction of sp³-hybridized carbons (Fsp3) is 0.545. The Hall–Kier alpha value is -0.670. The second-order valence-electron chi connectivity index (χ2n) is 4.30. The molecule has 1 aliphatic heterocycles. The predicted molar refractivity (Wildman–Crippen MR) is 59.3 cm³/mol. The molecule has 3 heteroatoms. The van der Waals surface area contributed by atoms with Crippen LogP contribution >= 0.6 is 11.5 Å². The molecule has 1 aromatic rings. The monoisotopic (exact) mass is 206 g/mol. The Morgan fingerprint density at radius 2 is 2.50 bits per heavy atom. The van der Waals surface area contributed by atoms with Gasteiger partial charge < -0.3 is 5.32 Å². The first-order valence-corrected chi connectivity index (χ1v) is 6.00. The maximum absolute atomic E-state index is 4.16. The maximum Gasteiger partial charge on any atom is 0.0506 e. The molecule has 3 rings (SSSR count). The van der Waals surface area contributed by atoms with Gasteiger partial charge in [0.05, 0.1) is 4.88 Å². The molecule has 0 radical (unpaired) electrons. The van der Waals surface area contributed by atoms with E-state index in [0.29, 0.717) is 5.54 Å². The highest BCUT2D eigenvalue weighted by Gasteiger charge is 2.37. The molecule has 2 heterocycles. The van der Waals surface area contributed by atoms with Gasteiger partial charge in [0, 0.05) is 11.7 Å². The summed E-state index contributed by atoms with van der Waals surface area (Å²) in [6.45, 7) is 1.20.